The molecule has 0 saturated carbocycles. The zero-order valence-electron chi connectivity index (χ0n) is 18.0. The fourth-order valence-electron chi connectivity index (χ4n) is 2.93. The number of hydrogen-bond acceptors (Lipinski definition) is 5. The maximum Gasteiger partial charge on any atom is 0.216 e. The molecule has 0 unspecified atom stereocenters. The van der Waals surface area contributed by atoms with Crippen molar-refractivity contribution >= 4 is 40.0 Å². The Morgan fingerprint density at radius 2 is 1.84 bits per heavy atom. The van der Waals surface area contributed by atoms with Crippen LogP contribution in [0.15, 0.2) is 23.2 Å². The first-order chi connectivity index (χ1) is 14.2. The van der Waals surface area contributed by atoms with Crippen LogP contribution < -0.4 is 10.1 Å². The second kappa shape index (κ2) is 13.3. The Kier molecular flexibility index (Phi) is 11.9. The minimum atomic E-state index is -3.35. The predicted molar refractivity (Wildman–Crippen MR) is 127 cm³/mol. The minimum Gasteiger partial charge on any atom is -0.492 e. The van der Waals surface area contributed by atoms with Crippen molar-refractivity contribution in [3.8, 4) is 5.75 Å². The molecule has 0 amide bonds. The molecule has 1 heterocycles. The lowest BCUT2D eigenvalue weighted by Gasteiger charge is -2.35. The third-order valence-electron chi connectivity index (χ3n) is 4.48. The van der Waals surface area contributed by atoms with Crippen molar-refractivity contribution in [2.24, 2.45) is 4.99 Å². The monoisotopic (exact) mass is 576 g/mol. The number of halogens is 3. The Balaban J connectivity index is 0.00000480. The summed E-state index contributed by atoms with van der Waals surface area (Å²) in [5.74, 6) is -1.04. The van der Waals surface area contributed by atoms with Gasteiger partial charge in [0.05, 0.1) is 25.0 Å². The van der Waals surface area contributed by atoms with Crippen molar-refractivity contribution in [1.29, 1.82) is 0 Å². The molecule has 31 heavy (non-hydrogen) atoms. The van der Waals surface area contributed by atoms with Crippen molar-refractivity contribution in [2.45, 2.75) is 20.0 Å². The van der Waals surface area contributed by atoms with Crippen LogP contribution in [0.4, 0.5) is 8.78 Å². The van der Waals surface area contributed by atoms with Crippen molar-refractivity contribution in [1.82, 2.24) is 14.5 Å². The first kappa shape index (κ1) is 27.8. The van der Waals surface area contributed by atoms with Gasteiger partial charge in [-0.25, -0.2) is 17.2 Å². The van der Waals surface area contributed by atoms with E-state index in [1.807, 2.05) is 18.7 Å². The van der Waals surface area contributed by atoms with Gasteiger partial charge in [-0.3, -0.25) is 4.99 Å². The van der Waals surface area contributed by atoms with Gasteiger partial charge in [0.2, 0.25) is 10.0 Å². The van der Waals surface area contributed by atoms with E-state index >= 15 is 0 Å². The van der Waals surface area contributed by atoms with Crippen LogP contribution in [0.5, 0.6) is 5.75 Å². The van der Waals surface area contributed by atoms with E-state index in [4.69, 9.17) is 9.47 Å². The Hall–Kier alpha value is -1.25. The molecule has 0 aromatic heterocycles. The standard InChI is InChI=1S/C19H30F2N4O4S.HI/c1-15(2)28-12-13-30(26,27)25-9-7-24(8-10-25)19(22-3)23-6-11-29-16-4-5-17(20)18(21)14-16;/h4-5,14-15H,6-13H2,1-3H3,(H,22,23);1H. The molecular formula is C19H31F2IN4O4S. The van der Waals surface area contributed by atoms with Crippen LogP contribution in [0.1, 0.15) is 13.8 Å². The van der Waals surface area contributed by atoms with E-state index in [1.165, 1.54) is 10.4 Å². The molecule has 2 rings (SSSR count). The summed E-state index contributed by atoms with van der Waals surface area (Å²) in [5.41, 5.74) is 0. The minimum absolute atomic E-state index is 0. The number of rotatable bonds is 9. The third kappa shape index (κ3) is 9.02. The molecule has 12 heteroatoms. The molecule has 1 N–H and O–H groups in total. The second-order valence-electron chi connectivity index (χ2n) is 7.02. The number of ether oxygens (including phenoxy) is 2. The predicted octanol–water partition coefficient (Wildman–Crippen LogP) is 1.91. The van der Waals surface area contributed by atoms with E-state index in [0.717, 1.165) is 12.1 Å². The van der Waals surface area contributed by atoms with E-state index in [0.29, 0.717) is 38.7 Å². The lowest BCUT2D eigenvalue weighted by molar-refractivity contribution is 0.0904. The van der Waals surface area contributed by atoms with Gasteiger partial charge in [-0.15, -0.1) is 24.0 Å². The van der Waals surface area contributed by atoms with Gasteiger partial charge in [0.15, 0.2) is 17.6 Å². The number of nitrogens with zero attached hydrogens (tertiary/aromatic N) is 3. The Morgan fingerprint density at radius 3 is 2.42 bits per heavy atom. The summed E-state index contributed by atoms with van der Waals surface area (Å²) in [6, 6.07) is 3.37. The first-order valence-corrected chi connectivity index (χ1v) is 11.5. The zero-order valence-corrected chi connectivity index (χ0v) is 21.2. The van der Waals surface area contributed by atoms with E-state index in [9.17, 15) is 17.2 Å². The third-order valence-corrected chi connectivity index (χ3v) is 6.32. The molecule has 0 atom stereocenters. The van der Waals surface area contributed by atoms with Gasteiger partial charge in [-0.2, -0.15) is 4.31 Å². The Labute approximate surface area is 200 Å². The SMILES string of the molecule is CN=C(NCCOc1ccc(F)c(F)c1)N1CCN(S(=O)(=O)CCOC(C)C)CC1.I. The molecule has 178 valence electrons. The zero-order chi connectivity index (χ0) is 22.1. The van der Waals surface area contributed by atoms with Crippen LogP contribution in [0.25, 0.3) is 0 Å². The lowest BCUT2D eigenvalue weighted by atomic mass is 10.3. The highest BCUT2D eigenvalue weighted by atomic mass is 127. The van der Waals surface area contributed by atoms with Crippen LogP contribution in [-0.4, -0.2) is 88.4 Å². The summed E-state index contributed by atoms with van der Waals surface area (Å²) in [5, 5.41) is 3.13. The van der Waals surface area contributed by atoms with Crippen LogP contribution in [0.3, 0.4) is 0 Å². The Morgan fingerprint density at radius 1 is 1.16 bits per heavy atom. The number of aliphatic imine (C=N–C) groups is 1. The smallest absolute Gasteiger partial charge is 0.216 e. The van der Waals surface area contributed by atoms with Gasteiger partial charge in [-0.05, 0) is 26.0 Å². The second-order valence-corrected chi connectivity index (χ2v) is 9.11. The van der Waals surface area contributed by atoms with Gasteiger partial charge in [0, 0.05) is 39.3 Å². The number of piperazine rings is 1. The molecule has 8 nitrogen and oxygen atoms in total. The van der Waals surface area contributed by atoms with Gasteiger partial charge in [0.25, 0.3) is 0 Å². The molecule has 1 aromatic carbocycles. The van der Waals surface area contributed by atoms with Gasteiger partial charge < -0.3 is 19.7 Å². The summed E-state index contributed by atoms with van der Waals surface area (Å²) in [4.78, 5) is 6.18. The van der Waals surface area contributed by atoms with Gasteiger partial charge in [0.1, 0.15) is 12.4 Å². The largest absolute Gasteiger partial charge is 0.492 e. The fourth-order valence-corrected chi connectivity index (χ4v) is 4.21. The van der Waals surface area contributed by atoms with E-state index in [2.05, 4.69) is 10.3 Å². The molecule has 0 radical (unpaired) electrons. The molecule has 1 aromatic rings. The normalized spacial score (nSPS) is 15.7. The number of hydrogen-bond donors (Lipinski definition) is 1. The summed E-state index contributed by atoms with van der Waals surface area (Å²) in [6.07, 6.45) is -0.00231. The molecule has 1 fully saturated rings. The van der Waals surface area contributed by atoms with E-state index in [-0.39, 0.29) is 54.8 Å². The maximum atomic E-state index is 13.2. The molecule has 1 aliphatic rings. The molecule has 1 aliphatic heterocycles. The summed E-state index contributed by atoms with van der Waals surface area (Å²) in [6.45, 7) is 6.31. The van der Waals surface area contributed by atoms with Crippen molar-refractivity contribution < 1.29 is 26.7 Å². The number of nitrogens with one attached hydrogen (secondary N) is 1. The average Bonchev–Trinajstić information content (AvgIpc) is 2.70. The summed E-state index contributed by atoms with van der Waals surface area (Å²) >= 11 is 0. The van der Waals surface area contributed by atoms with Crippen LogP contribution >= 0.6 is 24.0 Å². The highest BCUT2D eigenvalue weighted by Crippen LogP contribution is 2.15. The van der Waals surface area contributed by atoms with Crippen molar-refractivity contribution in [2.75, 3.05) is 58.7 Å². The van der Waals surface area contributed by atoms with Gasteiger partial charge in [-0.1, -0.05) is 0 Å². The number of benzene rings is 1. The van der Waals surface area contributed by atoms with Crippen LogP contribution in [0.2, 0.25) is 0 Å². The van der Waals surface area contributed by atoms with E-state index < -0.39 is 21.7 Å². The molecule has 1 saturated heterocycles. The summed E-state index contributed by atoms with van der Waals surface area (Å²) < 4.78 is 63.2. The topological polar surface area (TPSA) is 83.5 Å². The van der Waals surface area contributed by atoms with Gasteiger partial charge >= 0.3 is 0 Å². The highest BCUT2D eigenvalue weighted by Gasteiger charge is 2.27. The maximum absolute atomic E-state index is 13.2. The fraction of sp³-hybridized carbons (Fsp3) is 0.632. The molecule has 0 aliphatic carbocycles. The Bertz CT molecular complexity index is 819. The molecule has 0 spiro atoms. The molecular weight excluding hydrogens is 545 g/mol. The summed E-state index contributed by atoms with van der Waals surface area (Å²) in [7, 11) is -1.71. The first-order valence-electron chi connectivity index (χ1n) is 9.86. The van der Waals surface area contributed by atoms with Crippen LogP contribution in [-0.2, 0) is 14.8 Å². The van der Waals surface area contributed by atoms with Crippen molar-refractivity contribution in [3.63, 3.8) is 0 Å². The number of sulfonamides is 1. The van der Waals surface area contributed by atoms with Crippen LogP contribution in [0, 0.1) is 11.6 Å². The lowest BCUT2D eigenvalue weighted by Crippen LogP contribution is -2.54. The highest BCUT2D eigenvalue weighted by molar-refractivity contribution is 14.0. The van der Waals surface area contributed by atoms with Crippen molar-refractivity contribution in [3.05, 3.63) is 29.8 Å². The quantitative estimate of drug-likeness (QED) is 0.210. The van der Waals surface area contributed by atoms with E-state index in [1.54, 1.807) is 7.05 Å². The molecule has 0 bridgehead atoms. The average molecular weight is 576 g/mol. The number of guanidine groups is 1.